The van der Waals surface area contributed by atoms with Crippen molar-refractivity contribution in [2.45, 2.75) is 31.6 Å². The van der Waals surface area contributed by atoms with Crippen LogP contribution in [0.15, 0.2) is 0 Å². The zero-order valence-corrected chi connectivity index (χ0v) is 9.39. The van der Waals surface area contributed by atoms with Crippen LogP contribution >= 0.6 is 0 Å². The van der Waals surface area contributed by atoms with Crippen LogP contribution in [0.3, 0.4) is 0 Å². The topological polar surface area (TPSA) is 18.5 Å². The smallest absolute Gasteiger partial charge is 0.156 e. The number of ether oxygens (including phenoxy) is 2. The summed E-state index contributed by atoms with van der Waals surface area (Å²) in [5.41, 5.74) is 0.824. The summed E-state index contributed by atoms with van der Waals surface area (Å²) in [6, 6.07) is 0. The van der Waals surface area contributed by atoms with Gasteiger partial charge in [-0.15, -0.1) is 0 Å². The molecule has 0 saturated carbocycles. The number of hydrogen-bond donors (Lipinski definition) is 0. The van der Waals surface area contributed by atoms with Crippen molar-refractivity contribution in [1.82, 2.24) is 0 Å². The quantitative estimate of drug-likeness (QED) is 0.434. The lowest BCUT2D eigenvalue weighted by molar-refractivity contribution is -0.106. The molecule has 0 aliphatic rings. The molecule has 2 nitrogen and oxygen atoms in total. The third-order valence-corrected chi connectivity index (χ3v) is 3.11. The Morgan fingerprint density at radius 2 is 1.80 bits per heavy atom. The van der Waals surface area contributed by atoms with Crippen LogP contribution in [0, 0.1) is 0 Å². The van der Waals surface area contributed by atoms with Crippen molar-refractivity contribution < 1.29 is 9.47 Å². The Kier molecular flexibility index (Phi) is 5.97. The van der Waals surface area contributed by atoms with E-state index >= 15 is 0 Å². The molecule has 0 bridgehead atoms. The fourth-order valence-corrected chi connectivity index (χ4v) is 1.17. The predicted octanol–water partition coefficient (Wildman–Crippen LogP) is 0.559. The zero-order valence-electron chi connectivity index (χ0n) is 7.39. The van der Waals surface area contributed by atoms with E-state index in [0.717, 1.165) is 12.0 Å². The van der Waals surface area contributed by atoms with Gasteiger partial charge in [-0.1, -0.05) is 18.9 Å². The summed E-state index contributed by atoms with van der Waals surface area (Å²) in [5, 5.41) is 0. The summed E-state index contributed by atoms with van der Waals surface area (Å²) in [6.45, 7) is 2.21. The average Bonchev–Trinajstić information content (AvgIpc) is 1.99. The third-order valence-electron chi connectivity index (χ3n) is 1.82. The highest BCUT2D eigenvalue weighted by Crippen LogP contribution is 2.14. The zero-order chi connectivity index (χ0) is 7.98. The van der Waals surface area contributed by atoms with Gasteiger partial charge in [-0.2, -0.15) is 0 Å². The Bertz CT molecular complexity index is 74.0. The summed E-state index contributed by atoms with van der Waals surface area (Å²) in [4.78, 5) is 0. The molecule has 10 heavy (non-hydrogen) atoms. The van der Waals surface area contributed by atoms with Crippen molar-refractivity contribution in [3.05, 3.63) is 0 Å². The molecule has 0 saturated heterocycles. The molecule has 0 spiro atoms. The van der Waals surface area contributed by atoms with Gasteiger partial charge in [0.05, 0.1) is 0 Å². The molecule has 0 rings (SSSR count). The van der Waals surface area contributed by atoms with Crippen molar-refractivity contribution >= 4 is 10.2 Å². The van der Waals surface area contributed by atoms with E-state index in [1.165, 1.54) is 16.7 Å². The lowest BCUT2D eigenvalue weighted by atomic mass is 10.2. The Morgan fingerprint density at radius 1 is 1.30 bits per heavy atom. The van der Waals surface area contributed by atoms with Crippen molar-refractivity contribution in [3.8, 4) is 0 Å². The molecule has 0 heterocycles. The Labute approximate surface area is 66.3 Å². The molecule has 62 valence electrons. The summed E-state index contributed by atoms with van der Waals surface area (Å²) in [7, 11) is 4.62. The molecular weight excluding hydrogens is 144 g/mol. The van der Waals surface area contributed by atoms with Crippen LogP contribution in [0.25, 0.3) is 0 Å². The molecule has 0 aromatic rings. The van der Waals surface area contributed by atoms with Crippen LogP contribution in [0.4, 0.5) is 0 Å². The van der Waals surface area contributed by atoms with E-state index in [-0.39, 0.29) is 6.29 Å². The van der Waals surface area contributed by atoms with Crippen LogP contribution in [0.5, 0.6) is 0 Å². The van der Waals surface area contributed by atoms with Crippen molar-refractivity contribution in [1.29, 1.82) is 0 Å². The van der Waals surface area contributed by atoms with Gasteiger partial charge in [-0.05, 0) is 6.42 Å². The number of methoxy groups -OCH3 is 2. The fraction of sp³-hybridized carbons (Fsp3) is 1.00. The highest BCUT2D eigenvalue weighted by atomic mass is 28.1. The number of rotatable bonds is 5. The first-order valence-electron chi connectivity index (χ1n) is 3.80. The molecule has 0 fully saturated rings. The Balaban J connectivity index is 3.41. The number of hydrogen-bond acceptors (Lipinski definition) is 2. The molecule has 0 N–H and O–H groups in total. The minimum absolute atomic E-state index is 0.0162. The van der Waals surface area contributed by atoms with Crippen molar-refractivity contribution in [2.24, 2.45) is 0 Å². The molecule has 0 aliphatic heterocycles. The van der Waals surface area contributed by atoms with Crippen LogP contribution in [-0.2, 0) is 9.47 Å². The SMILES string of the molecule is CCC([SiH3])CC(OC)OC. The van der Waals surface area contributed by atoms with Gasteiger partial charge in [0, 0.05) is 24.5 Å². The Morgan fingerprint density at radius 3 is 2.10 bits per heavy atom. The van der Waals surface area contributed by atoms with Gasteiger partial charge >= 0.3 is 0 Å². The molecule has 3 heteroatoms. The molecule has 0 aromatic heterocycles. The maximum absolute atomic E-state index is 5.07. The van der Waals surface area contributed by atoms with E-state index in [0.29, 0.717) is 0 Å². The van der Waals surface area contributed by atoms with Crippen molar-refractivity contribution in [2.75, 3.05) is 14.2 Å². The second-order valence-electron chi connectivity index (χ2n) is 2.65. The highest BCUT2D eigenvalue weighted by molar-refractivity contribution is 6.11. The summed E-state index contributed by atoms with van der Waals surface area (Å²) < 4.78 is 10.1. The monoisotopic (exact) mass is 162 g/mol. The van der Waals surface area contributed by atoms with Gasteiger partial charge < -0.3 is 9.47 Å². The van der Waals surface area contributed by atoms with E-state index < -0.39 is 0 Å². The minimum Gasteiger partial charge on any atom is -0.356 e. The maximum Gasteiger partial charge on any atom is 0.156 e. The third kappa shape index (κ3) is 4.03. The summed E-state index contributed by atoms with van der Waals surface area (Å²) in [6.07, 6.45) is 2.31. The lowest BCUT2D eigenvalue weighted by Crippen LogP contribution is -2.15. The predicted molar refractivity (Wildman–Crippen MR) is 46.4 cm³/mol. The lowest BCUT2D eigenvalue weighted by Gasteiger charge is -2.16. The van der Waals surface area contributed by atoms with Gasteiger partial charge in [0.1, 0.15) is 0 Å². The van der Waals surface area contributed by atoms with Gasteiger partial charge in [-0.3, -0.25) is 0 Å². The van der Waals surface area contributed by atoms with Crippen LogP contribution in [0.1, 0.15) is 19.8 Å². The molecule has 1 atom stereocenters. The van der Waals surface area contributed by atoms with Gasteiger partial charge in [0.15, 0.2) is 6.29 Å². The minimum atomic E-state index is 0.0162. The molecule has 0 aliphatic carbocycles. The summed E-state index contributed by atoms with van der Waals surface area (Å²) in [5.74, 6) is 0. The van der Waals surface area contributed by atoms with Gasteiger partial charge in [0.2, 0.25) is 0 Å². The van der Waals surface area contributed by atoms with Crippen LogP contribution in [0.2, 0.25) is 5.54 Å². The van der Waals surface area contributed by atoms with E-state index in [2.05, 4.69) is 6.92 Å². The molecule has 0 radical (unpaired) electrons. The fourth-order valence-electron chi connectivity index (χ4n) is 0.784. The molecular formula is C7H18O2Si. The van der Waals surface area contributed by atoms with Crippen molar-refractivity contribution in [3.63, 3.8) is 0 Å². The standard InChI is InChI=1S/C7H18O2Si/c1-4-6(10)5-7(8-2)9-3/h6-7H,4-5H2,1-3,10H3. The van der Waals surface area contributed by atoms with E-state index in [1.54, 1.807) is 14.2 Å². The van der Waals surface area contributed by atoms with E-state index in [9.17, 15) is 0 Å². The average molecular weight is 162 g/mol. The molecule has 1 unspecified atom stereocenters. The first-order chi connectivity index (χ1) is 4.74. The first-order valence-corrected chi connectivity index (χ1v) is 4.95. The first kappa shape index (κ1) is 10.1. The Hall–Kier alpha value is 0.137. The van der Waals surface area contributed by atoms with Crippen LogP contribution < -0.4 is 0 Å². The maximum atomic E-state index is 5.07. The summed E-state index contributed by atoms with van der Waals surface area (Å²) >= 11 is 0. The molecule has 0 amide bonds. The van der Waals surface area contributed by atoms with Gasteiger partial charge in [-0.25, -0.2) is 0 Å². The molecule has 0 aromatic carbocycles. The second kappa shape index (κ2) is 5.89. The normalized spacial score (nSPS) is 14.4. The van der Waals surface area contributed by atoms with Gasteiger partial charge in [0.25, 0.3) is 0 Å². The second-order valence-corrected chi connectivity index (χ2v) is 4.28. The van der Waals surface area contributed by atoms with E-state index in [1.807, 2.05) is 0 Å². The highest BCUT2D eigenvalue weighted by Gasteiger charge is 2.08. The van der Waals surface area contributed by atoms with E-state index in [4.69, 9.17) is 9.47 Å². The largest absolute Gasteiger partial charge is 0.356 e. The van der Waals surface area contributed by atoms with Crippen LogP contribution in [-0.4, -0.2) is 30.8 Å².